The molecule has 3 nitrogen and oxygen atoms in total. The molecular weight excluding hydrogens is 187 g/mol. The number of alkyl carbamates (subject to hydrolysis) is 1. The molecular formula is C7H12F3NO2. The molecule has 0 spiro atoms. The first-order valence-electron chi connectivity index (χ1n) is 3.97. The maximum atomic E-state index is 11.5. The van der Waals surface area contributed by atoms with Crippen LogP contribution in [0, 0.1) is 0 Å². The van der Waals surface area contributed by atoms with Crippen molar-refractivity contribution in [1.29, 1.82) is 0 Å². The van der Waals surface area contributed by atoms with Crippen molar-refractivity contribution in [2.75, 3.05) is 6.61 Å². The lowest BCUT2D eigenvalue weighted by Crippen LogP contribution is -2.37. The zero-order chi connectivity index (χ0) is 10.3. The van der Waals surface area contributed by atoms with E-state index in [1.165, 1.54) is 0 Å². The minimum absolute atomic E-state index is 0.0236. The summed E-state index contributed by atoms with van der Waals surface area (Å²) < 4.78 is 38.7. The van der Waals surface area contributed by atoms with Gasteiger partial charge in [0.15, 0.2) is 0 Å². The van der Waals surface area contributed by atoms with Crippen LogP contribution in [0.1, 0.15) is 26.2 Å². The number of carbonyl (C=O) groups is 1. The summed E-state index contributed by atoms with van der Waals surface area (Å²) in [6.07, 6.45) is -3.81. The molecule has 0 heterocycles. The fourth-order valence-electron chi connectivity index (χ4n) is 0.669. The minimum atomic E-state index is -4.71. The maximum absolute atomic E-state index is 11.5. The molecule has 0 fully saturated rings. The average molecular weight is 199 g/mol. The second-order valence-corrected chi connectivity index (χ2v) is 2.47. The van der Waals surface area contributed by atoms with Crippen LogP contribution in [0.2, 0.25) is 0 Å². The maximum Gasteiger partial charge on any atom is 0.487 e. The number of hydrogen-bond acceptors (Lipinski definition) is 2. The molecule has 0 aliphatic heterocycles. The molecule has 0 bridgehead atoms. The monoisotopic (exact) mass is 199 g/mol. The number of hydrogen-bond donors (Lipinski definition) is 1. The topological polar surface area (TPSA) is 38.3 Å². The summed E-state index contributed by atoms with van der Waals surface area (Å²) in [6, 6.07) is 0. The van der Waals surface area contributed by atoms with Gasteiger partial charge in [-0.2, -0.15) is 13.2 Å². The average Bonchev–Trinajstić information content (AvgIpc) is 1.94. The highest BCUT2D eigenvalue weighted by molar-refractivity contribution is 5.67. The van der Waals surface area contributed by atoms with Crippen molar-refractivity contribution in [3.05, 3.63) is 0 Å². The van der Waals surface area contributed by atoms with Gasteiger partial charge in [0.05, 0.1) is 6.61 Å². The van der Waals surface area contributed by atoms with Crippen LogP contribution in [0.25, 0.3) is 0 Å². The molecule has 0 rings (SSSR count). The summed E-state index contributed by atoms with van der Waals surface area (Å²) in [7, 11) is 0. The first-order valence-corrected chi connectivity index (χ1v) is 3.97. The van der Waals surface area contributed by atoms with Gasteiger partial charge in [-0.3, -0.25) is 0 Å². The third kappa shape index (κ3) is 8.97. The van der Waals surface area contributed by atoms with Crippen molar-refractivity contribution in [1.82, 2.24) is 5.32 Å². The van der Waals surface area contributed by atoms with Crippen LogP contribution in [0.15, 0.2) is 0 Å². The molecule has 0 aromatic heterocycles. The molecule has 78 valence electrons. The van der Waals surface area contributed by atoms with E-state index in [9.17, 15) is 18.0 Å². The van der Waals surface area contributed by atoms with Crippen molar-refractivity contribution < 1.29 is 22.7 Å². The van der Waals surface area contributed by atoms with E-state index < -0.39 is 12.4 Å². The first-order chi connectivity index (χ1) is 5.95. The quantitative estimate of drug-likeness (QED) is 0.557. The van der Waals surface area contributed by atoms with Crippen molar-refractivity contribution in [3.63, 3.8) is 0 Å². The van der Waals surface area contributed by atoms with E-state index >= 15 is 0 Å². The zero-order valence-corrected chi connectivity index (χ0v) is 7.28. The van der Waals surface area contributed by atoms with Crippen LogP contribution in [0.4, 0.5) is 18.0 Å². The molecule has 0 saturated heterocycles. The molecule has 0 saturated carbocycles. The third-order valence-electron chi connectivity index (χ3n) is 1.22. The van der Waals surface area contributed by atoms with Gasteiger partial charge in [0.2, 0.25) is 0 Å². The first kappa shape index (κ1) is 12.1. The molecule has 1 amide bonds. The number of halogens is 3. The van der Waals surface area contributed by atoms with E-state index in [0.29, 0.717) is 6.42 Å². The van der Waals surface area contributed by atoms with Crippen LogP contribution < -0.4 is 5.32 Å². The van der Waals surface area contributed by atoms with Gasteiger partial charge in [-0.1, -0.05) is 19.8 Å². The smallest absolute Gasteiger partial charge is 0.449 e. The summed E-state index contributed by atoms with van der Waals surface area (Å²) >= 11 is 0. The molecule has 0 aromatic rings. The number of nitrogens with one attached hydrogen (secondary N) is 1. The Kier molecular flexibility index (Phi) is 5.25. The number of rotatable bonds is 4. The molecule has 0 aromatic carbocycles. The second-order valence-electron chi connectivity index (χ2n) is 2.47. The summed E-state index contributed by atoms with van der Waals surface area (Å²) in [5, 5.41) is 0.735. The van der Waals surface area contributed by atoms with E-state index in [4.69, 9.17) is 0 Å². The summed E-state index contributed by atoms with van der Waals surface area (Å²) in [6.45, 7) is 1.96. The highest BCUT2D eigenvalue weighted by Gasteiger charge is 2.30. The Morgan fingerprint density at radius 2 is 2.00 bits per heavy atom. The molecule has 0 radical (unpaired) electrons. The van der Waals surface area contributed by atoms with E-state index in [0.717, 1.165) is 18.2 Å². The predicted molar refractivity (Wildman–Crippen MR) is 40.1 cm³/mol. The Morgan fingerprint density at radius 1 is 1.38 bits per heavy atom. The lowest BCUT2D eigenvalue weighted by atomic mass is 10.3. The highest BCUT2D eigenvalue weighted by atomic mass is 19.4. The Hall–Kier alpha value is -0.940. The van der Waals surface area contributed by atoms with Gasteiger partial charge in [-0.25, -0.2) is 10.1 Å². The number of alkyl halides is 3. The standard InChI is InChI=1S/C7H12F3NO2/c1-2-3-4-5-13-6(12)11-7(8,9)10/h2-5H2,1H3,(H,11,12). The molecule has 1 N–H and O–H groups in total. The van der Waals surface area contributed by atoms with E-state index in [1.807, 2.05) is 6.92 Å². The number of ether oxygens (including phenoxy) is 1. The van der Waals surface area contributed by atoms with Crippen LogP contribution in [0.3, 0.4) is 0 Å². The highest BCUT2D eigenvalue weighted by Crippen LogP contribution is 2.09. The SMILES string of the molecule is CCCCCOC(=O)NC(F)(F)F. The van der Waals surface area contributed by atoms with Gasteiger partial charge < -0.3 is 4.74 Å². The minimum Gasteiger partial charge on any atom is -0.449 e. The Labute approximate surface area is 74.3 Å². The lowest BCUT2D eigenvalue weighted by Gasteiger charge is -2.08. The fraction of sp³-hybridized carbons (Fsp3) is 0.857. The van der Waals surface area contributed by atoms with Crippen molar-refractivity contribution in [2.24, 2.45) is 0 Å². The molecule has 0 aliphatic rings. The molecule has 0 atom stereocenters. The van der Waals surface area contributed by atoms with E-state index in [-0.39, 0.29) is 6.61 Å². The van der Waals surface area contributed by atoms with Crippen LogP contribution >= 0.6 is 0 Å². The Morgan fingerprint density at radius 3 is 2.46 bits per heavy atom. The Balaban J connectivity index is 3.41. The summed E-state index contributed by atoms with van der Waals surface area (Å²) in [5.74, 6) is 0. The number of carbonyl (C=O) groups excluding carboxylic acids is 1. The number of amides is 1. The van der Waals surface area contributed by atoms with Crippen LogP contribution in [0.5, 0.6) is 0 Å². The summed E-state index contributed by atoms with van der Waals surface area (Å²) in [4.78, 5) is 10.4. The van der Waals surface area contributed by atoms with E-state index in [1.54, 1.807) is 0 Å². The molecule has 13 heavy (non-hydrogen) atoms. The number of unbranched alkanes of at least 4 members (excludes halogenated alkanes) is 2. The second kappa shape index (κ2) is 5.66. The van der Waals surface area contributed by atoms with Crippen molar-refractivity contribution in [2.45, 2.75) is 32.5 Å². The predicted octanol–water partition coefficient (Wildman–Crippen LogP) is 2.42. The fourth-order valence-corrected chi connectivity index (χ4v) is 0.669. The normalized spacial score (nSPS) is 11.1. The van der Waals surface area contributed by atoms with Gasteiger partial charge >= 0.3 is 12.4 Å². The van der Waals surface area contributed by atoms with Gasteiger partial charge in [-0.15, -0.1) is 0 Å². The molecule has 6 heteroatoms. The van der Waals surface area contributed by atoms with Crippen LogP contribution in [-0.4, -0.2) is 19.0 Å². The van der Waals surface area contributed by atoms with Gasteiger partial charge in [0.1, 0.15) is 0 Å². The van der Waals surface area contributed by atoms with Crippen molar-refractivity contribution >= 4 is 6.09 Å². The summed E-state index contributed by atoms with van der Waals surface area (Å²) in [5.41, 5.74) is 0. The molecule has 0 unspecified atom stereocenters. The van der Waals surface area contributed by atoms with Crippen molar-refractivity contribution in [3.8, 4) is 0 Å². The van der Waals surface area contributed by atoms with Gasteiger partial charge in [0.25, 0.3) is 0 Å². The lowest BCUT2D eigenvalue weighted by molar-refractivity contribution is -0.150. The molecule has 0 aliphatic carbocycles. The van der Waals surface area contributed by atoms with Crippen LogP contribution in [-0.2, 0) is 4.74 Å². The Bertz CT molecular complexity index is 158. The van der Waals surface area contributed by atoms with Gasteiger partial charge in [-0.05, 0) is 6.42 Å². The third-order valence-corrected chi connectivity index (χ3v) is 1.22. The van der Waals surface area contributed by atoms with Gasteiger partial charge in [0, 0.05) is 0 Å². The zero-order valence-electron chi connectivity index (χ0n) is 7.28. The van der Waals surface area contributed by atoms with E-state index in [2.05, 4.69) is 4.74 Å². The largest absolute Gasteiger partial charge is 0.487 e.